The molecule has 0 atom stereocenters. The lowest BCUT2D eigenvalue weighted by Crippen LogP contribution is -2.06. The van der Waals surface area contributed by atoms with E-state index in [1.165, 1.54) is 18.2 Å². The summed E-state index contributed by atoms with van der Waals surface area (Å²) in [5.74, 6) is -0.916. The molecule has 0 aromatic heterocycles. The van der Waals surface area contributed by atoms with Crippen molar-refractivity contribution >= 4 is 27.7 Å². The molecule has 0 aliphatic carbocycles. The smallest absolute Gasteiger partial charge is 0.341 e. The van der Waals surface area contributed by atoms with E-state index < -0.39 is 5.97 Å². The summed E-state index contributed by atoms with van der Waals surface area (Å²) in [7, 11) is 0. The van der Waals surface area contributed by atoms with Gasteiger partial charge in [0.05, 0.1) is 6.61 Å². The molecule has 1 rings (SSSR count). The van der Waals surface area contributed by atoms with E-state index in [-0.39, 0.29) is 23.7 Å². The zero-order chi connectivity index (χ0) is 12.8. The number of benzene rings is 1. The van der Waals surface area contributed by atoms with Crippen molar-refractivity contribution in [3.63, 3.8) is 0 Å². The Morgan fingerprint density at radius 1 is 1.41 bits per heavy atom. The number of esters is 1. The number of ketones is 1. The van der Waals surface area contributed by atoms with E-state index in [0.29, 0.717) is 17.3 Å². The van der Waals surface area contributed by atoms with E-state index in [9.17, 15) is 14.7 Å². The third-order valence-corrected chi connectivity index (χ3v) is 2.53. The number of hydrogen-bond donors (Lipinski definition) is 1. The van der Waals surface area contributed by atoms with Crippen molar-refractivity contribution < 1.29 is 19.4 Å². The standard InChI is InChI=1S/C12H13BrO4/c1-2-17-12(16)9-4-3-8(7-11(9)15)10(14)5-6-13/h3-4,7,15H,2,5-6H2,1H3. The van der Waals surface area contributed by atoms with Gasteiger partial charge in [0.2, 0.25) is 0 Å². The summed E-state index contributed by atoms with van der Waals surface area (Å²) < 4.78 is 4.77. The first-order valence-corrected chi connectivity index (χ1v) is 6.31. The molecule has 17 heavy (non-hydrogen) atoms. The minimum Gasteiger partial charge on any atom is -0.507 e. The highest BCUT2D eigenvalue weighted by Gasteiger charge is 2.14. The minimum atomic E-state index is -0.593. The van der Waals surface area contributed by atoms with Crippen molar-refractivity contribution in [3.05, 3.63) is 29.3 Å². The monoisotopic (exact) mass is 300 g/mol. The predicted molar refractivity (Wildman–Crippen MR) is 66.8 cm³/mol. The molecule has 1 N–H and O–H groups in total. The zero-order valence-electron chi connectivity index (χ0n) is 9.40. The minimum absolute atomic E-state index is 0.0715. The fraction of sp³-hybridized carbons (Fsp3) is 0.333. The van der Waals surface area contributed by atoms with Crippen LogP contribution < -0.4 is 0 Å². The molecule has 92 valence electrons. The lowest BCUT2D eigenvalue weighted by molar-refractivity contribution is 0.0522. The van der Waals surface area contributed by atoms with E-state index in [2.05, 4.69) is 15.9 Å². The highest BCUT2D eigenvalue weighted by Crippen LogP contribution is 2.20. The van der Waals surface area contributed by atoms with E-state index in [0.717, 1.165) is 0 Å². The highest BCUT2D eigenvalue weighted by atomic mass is 79.9. The third kappa shape index (κ3) is 3.56. The first-order valence-electron chi connectivity index (χ1n) is 5.19. The Morgan fingerprint density at radius 2 is 2.12 bits per heavy atom. The summed E-state index contributed by atoms with van der Waals surface area (Å²) in [5.41, 5.74) is 0.456. The normalized spacial score (nSPS) is 10.0. The molecule has 1 aromatic rings. The summed E-state index contributed by atoms with van der Waals surface area (Å²) in [6, 6.07) is 4.20. The summed E-state index contributed by atoms with van der Waals surface area (Å²) >= 11 is 3.17. The number of hydrogen-bond acceptors (Lipinski definition) is 4. The quantitative estimate of drug-likeness (QED) is 0.516. The Hall–Kier alpha value is -1.36. The molecule has 4 nitrogen and oxygen atoms in total. The maximum atomic E-state index is 11.5. The second kappa shape index (κ2) is 6.39. The van der Waals surface area contributed by atoms with Gasteiger partial charge in [0, 0.05) is 17.3 Å². The van der Waals surface area contributed by atoms with Gasteiger partial charge < -0.3 is 9.84 Å². The van der Waals surface area contributed by atoms with Gasteiger partial charge in [-0.15, -0.1) is 0 Å². The van der Waals surface area contributed by atoms with Crippen LogP contribution in [0.5, 0.6) is 5.75 Å². The molecule has 0 unspecified atom stereocenters. The Balaban J connectivity index is 2.93. The van der Waals surface area contributed by atoms with Crippen molar-refractivity contribution in [2.45, 2.75) is 13.3 Å². The summed E-state index contributed by atoms with van der Waals surface area (Å²) in [5, 5.41) is 10.2. The lowest BCUT2D eigenvalue weighted by atomic mass is 10.1. The number of halogens is 1. The van der Waals surface area contributed by atoms with Crippen molar-refractivity contribution in [1.82, 2.24) is 0 Å². The first kappa shape index (κ1) is 13.7. The Labute approximate surface area is 108 Å². The summed E-state index contributed by atoms with van der Waals surface area (Å²) in [4.78, 5) is 22.9. The Kier molecular flexibility index (Phi) is 5.15. The molecule has 0 aliphatic heterocycles. The zero-order valence-corrected chi connectivity index (χ0v) is 11.0. The summed E-state index contributed by atoms with van der Waals surface area (Å²) in [6.07, 6.45) is 0.345. The van der Waals surface area contributed by atoms with Crippen LogP contribution in [-0.4, -0.2) is 28.8 Å². The topological polar surface area (TPSA) is 63.6 Å². The maximum Gasteiger partial charge on any atom is 0.341 e. The molecule has 0 bridgehead atoms. The van der Waals surface area contributed by atoms with Crippen LogP contribution in [0, 0.1) is 0 Å². The maximum absolute atomic E-state index is 11.5. The van der Waals surface area contributed by atoms with Crippen LogP contribution in [0.1, 0.15) is 34.1 Å². The molecule has 0 fully saturated rings. The second-order valence-corrected chi connectivity index (χ2v) is 4.11. The number of ether oxygens (including phenoxy) is 1. The molecule has 5 heteroatoms. The number of phenols is 1. The summed E-state index contributed by atoms with van der Waals surface area (Å²) in [6.45, 7) is 1.92. The molecule has 0 saturated heterocycles. The number of carbonyl (C=O) groups excluding carboxylic acids is 2. The fourth-order valence-corrected chi connectivity index (χ4v) is 1.68. The van der Waals surface area contributed by atoms with Crippen molar-refractivity contribution in [2.24, 2.45) is 0 Å². The Morgan fingerprint density at radius 3 is 2.65 bits per heavy atom. The van der Waals surface area contributed by atoms with Gasteiger partial charge in [0.15, 0.2) is 5.78 Å². The van der Waals surface area contributed by atoms with Crippen molar-refractivity contribution in [3.8, 4) is 5.75 Å². The SMILES string of the molecule is CCOC(=O)c1ccc(C(=O)CCBr)cc1O. The largest absolute Gasteiger partial charge is 0.507 e. The van der Waals surface area contributed by atoms with E-state index in [1.54, 1.807) is 6.92 Å². The lowest BCUT2D eigenvalue weighted by Gasteiger charge is -2.06. The fourth-order valence-electron chi connectivity index (χ4n) is 1.32. The molecule has 0 heterocycles. The van der Waals surface area contributed by atoms with Gasteiger partial charge in [-0.05, 0) is 19.1 Å². The second-order valence-electron chi connectivity index (χ2n) is 3.31. The van der Waals surface area contributed by atoms with Crippen LogP contribution in [0.15, 0.2) is 18.2 Å². The molecule has 0 saturated carbocycles. The van der Waals surface area contributed by atoms with Crippen LogP contribution in [0.2, 0.25) is 0 Å². The third-order valence-electron chi connectivity index (χ3n) is 2.14. The number of alkyl halides is 1. The molecule has 0 aliphatic rings. The molecule has 0 spiro atoms. The van der Waals surface area contributed by atoms with E-state index in [4.69, 9.17) is 4.74 Å². The first-order chi connectivity index (χ1) is 8.10. The van der Waals surface area contributed by atoms with Gasteiger partial charge in [-0.1, -0.05) is 22.0 Å². The van der Waals surface area contributed by atoms with Gasteiger partial charge in [-0.3, -0.25) is 4.79 Å². The number of rotatable bonds is 5. The predicted octanol–water partition coefficient (Wildman–Crippen LogP) is 2.54. The molecule has 0 radical (unpaired) electrons. The van der Waals surface area contributed by atoms with E-state index >= 15 is 0 Å². The van der Waals surface area contributed by atoms with Crippen LogP contribution in [0.3, 0.4) is 0 Å². The van der Waals surface area contributed by atoms with Crippen LogP contribution in [-0.2, 0) is 4.74 Å². The average molecular weight is 301 g/mol. The van der Waals surface area contributed by atoms with Crippen molar-refractivity contribution in [1.29, 1.82) is 0 Å². The van der Waals surface area contributed by atoms with E-state index in [1.807, 2.05) is 0 Å². The van der Waals surface area contributed by atoms with Gasteiger partial charge in [-0.2, -0.15) is 0 Å². The molecular formula is C12H13BrO4. The molecular weight excluding hydrogens is 288 g/mol. The van der Waals surface area contributed by atoms with Gasteiger partial charge in [-0.25, -0.2) is 4.79 Å². The molecule has 1 aromatic carbocycles. The van der Waals surface area contributed by atoms with Gasteiger partial charge in [0.1, 0.15) is 11.3 Å². The number of Topliss-reactive ketones (excluding diaryl/α,β-unsaturated/α-hetero) is 1. The number of carbonyl (C=O) groups is 2. The van der Waals surface area contributed by atoms with Crippen molar-refractivity contribution in [2.75, 3.05) is 11.9 Å². The van der Waals surface area contributed by atoms with Crippen LogP contribution in [0.25, 0.3) is 0 Å². The van der Waals surface area contributed by atoms with Crippen LogP contribution >= 0.6 is 15.9 Å². The van der Waals surface area contributed by atoms with Crippen LogP contribution in [0.4, 0.5) is 0 Å². The Bertz CT molecular complexity index is 429. The number of aromatic hydroxyl groups is 1. The number of phenolic OH excluding ortho intramolecular Hbond substituents is 1. The molecule has 0 amide bonds. The van der Waals surface area contributed by atoms with Gasteiger partial charge in [0.25, 0.3) is 0 Å². The highest BCUT2D eigenvalue weighted by molar-refractivity contribution is 9.09. The average Bonchev–Trinajstić information content (AvgIpc) is 2.29. The van der Waals surface area contributed by atoms with Gasteiger partial charge >= 0.3 is 5.97 Å².